The Labute approximate surface area is 91.3 Å². The molecule has 2 aliphatic rings. The van der Waals surface area contributed by atoms with Crippen molar-refractivity contribution in [2.45, 2.75) is 25.7 Å². The molecule has 0 radical (unpaired) electrons. The zero-order chi connectivity index (χ0) is 10.9. The van der Waals surface area contributed by atoms with Crippen molar-refractivity contribution in [3.8, 4) is 0 Å². The molecule has 1 aliphatic heterocycles. The van der Waals surface area contributed by atoms with Crippen LogP contribution in [0.25, 0.3) is 0 Å². The maximum Gasteiger partial charge on any atom is 0.214 e. The van der Waals surface area contributed by atoms with Crippen LogP contribution < -0.4 is 0 Å². The summed E-state index contributed by atoms with van der Waals surface area (Å²) in [7, 11) is -3.03. The fraction of sp³-hybridized carbons (Fsp3) is 1.00. The van der Waals surface area contributed by atoms with Gasteiger partial charge in [0.25, 0.3) is 0 Å². The number of nitrogens with zero attached hydrogens (tertiary/aromatic N) is 1. The van der Waals surface area contributed by atoms with E-state index in [1.807, 2.05) is 0 Å². The van der Waals surface area contributed by atoms with Crippen LogP contribution in [-0.2, 0) is 10.0 Å². The minimum Gasteiger partial charge on any atom is -0.396 e. The lowest BCUT2D eigenvalue weighted by molar-refractivity contribution is 0.117. The molecule has 5 heteroatoms. The van der Waals surface area contributed by atoms with E-state index in [1.54, 1.807) is 0 Å². The van der Waals surface area contributed by atoms with Crippen molar-refractivity contribution in [2.75, 3.05) is 25.4 Å². The van der Waals surface area contributed by atoms with Crippen molar-refractivity contribution in [1.29, 1.82) is 0 Å². The Kier molecular flexibility index (Phi) is 3.33. The zero-order valence-corrected chi connectivity index (χ0v) is 9.75. The monoisotopic (exact) mass is 233 g/mol. The van der Waals surface area contributed by atoms with E-state index in [-0.39, 0.29) is 12.5 Å². The van der Waals surface area contributed by atoms with Crippen molar-refractivity contribution in [1.82, 2.24) is 4.31 Å². The van der Waals surface area contributed by atoms with Gasteiger partial charge >= 0.3 is 0 Å². The predicted octanol–water partition coefficient (Wildman–Crippen LogP) is 0.430. The molecular formula is C10H19NO3S. The summed E-state index contributed by atoms with van der Waals surface area (Å²) in [6.45, 7) is 1.15. The highest BCUT2D eigenvalue weighted by Crippen LogP contribution is 2.28. The first kappa shape index (κ1) is 11.4. The summed E-state index contributed by atoms with van der Waals surface area (Å²) in [5.41, 5.74) is 0. The van der Waals surface area contributed by atoms with Gasteiger partial charge in [0.05, 0.1) is 5.75 Å². The quantitative estimate of drug-likeness (QED) is 0.766. The Hall–Kier alpha value is -0.130. The summed E-state index contributed by atoms with van der Waals surface area (Å²) >= 11 is 0. The molecule has 1 N–H and O–H groups in total. The highest BCUT2D eigenvalue weighted by atomic mass is 32.2. The van der Waals surface area contributed by atoms with Crippen LogP contribution in [0, 0.1) is 11.8 Å². The number of sulfonamides is 1. The highest BCUT2D eigenvalue weighted by Gasteiger charge is 2.36. The maximum atomic E-state index is 11.9. The molecule has 1 saturated carbocycles. The third-order valence-electron chi connectivity index (χ3n) is 3.50. The molecule has 0 aromatic carbocycles. The van der Waals surface area contributed by atoms with E-state index in [0.29, 0.717) is 24.8 Å². The molecule has 1 heterocycles. The number of hydrogen-bond donors (Lipinski definition) is 1. The Morgan fingerprint density at radius 1 is 1.13 bits per heavy atom. The molecule has 0 atom stereocenters. The second-order valence-electron chi connectivity index (χ2n) is 4.79. The first-order chi connectivity index (χ1) is 7.12. The summed E-state index contributed by atoms with van der Waals surface area (Å²) in [4.78, 5) is 0. The van der Waals surface area contributed by atoms with Crippen LogP contribution in [0.1, 0.15) is 25.7 Å². The topological polar surface area (TPSA) is 57.6 Å². The van der Waals surface area contributed by atoms with Crippen molar-refractivity contribution >= 4 is 10.0 Å². The van der Waals surface area contributed by atoms with Crippen LogP contribution in [0.3, 0.4) is 0 Å². The van der Waals surface area contributed by atoms with Crippen LogP contribution in [0.15, 0.2) is 0 Å². The van der Waals surface area contributed by atoms with Gasteiger partial charge in [-0.3, -0.25) is 0 Å². The average Bonchev–Trinajstić information content (AvgIpc) is 2.53. The average molecular weight is 233 g/mol. The van der Waals surface area contributed by atoms with Crippen LogP contribution in [-0.4, -0.2) is 43.3 Å². The van der Waals surface area contributed by atoms with Gasteiger partial charge in [-0.1, -0.05) is 12.8 Å². The van der Waals surface area contributed by atoms with Crippen molar-refractivity contribution in [3.05, 3.63) is 0 Å². The van der Waals surface area contributed by atoms with E-state index in [4.69, 9.17) is 5.11 Å². The molecule has 2 fully saturated rings. The van der Waals surface area contributed by atoms with Gasteiger partial charge in [-0.25, -0.2) is 12.7 Å². The van der Waals surface area contributed by atoms with E-state index in [0.717, 1.165) is 12.8 Å². The number of aliphatic hydroxyl groups excluding tert-OH is 1. The second kappa shape index (κ2) is 4.39. The first-order valence-electron chi connectivity index (χ1n) is 5.70. The van der Waals surface area contributed by atoms with Gasteiger partial charge in [-0.15, -0.1) is 0 Å². The van der Waals surface area contributed by atoms with Gasteiger partial charge in [0.1, 0.15) is 0 Å². The fourth-order valence-corrected chi connectivity index (χ4v) is 4.46. The normalized spacial score (nSPS) is 25.7. The lowest BCUT2D eigenvalue weighted by atomic mass is 10.1. The number of hydrogen-bond acceptors (Lipinski definition) is 3. The summed E-state index contributed by atoms with van der Waals surface area (Å²) in [6, 6.07) is 0. The summed E-state index contributed by atoms with van der Waals surface area (Å²) in [5.74, 6) is 0.872. The molecule has 0 unspecified atom stereocenters. The second-order valence-corrected chi connectivity index (χ2v) is 6.81. The highest BCUT2D eigenvalue weighted by molar-refractivity contribution is 7.89. The third kappa shape index (κ3) is 2.52. The lowest BCUT2D eigenvalue weighted by Gasteiger charge is -2.37. The van der Waals surface area contributed by atoms with Crippen LogP contribution in [0.4, 0.5) is 0 Å². The van der Waals surface area contributed by atoms with E-state index >= 15 is 0 Å². The molecule has 0 aromatic rings. The third-order valence-corrected chi connectivity index (χ3v) is 5.47. The van der Waals surface area contributed by atoms with Gasteiger partial charge < -0.3 is 5.11 Å². The standard InChI is InChI=1S/C10H19NO3S/c12-7-10-5-11(6-10)15(13,14)8-9-3-1-2-4-9/h9-10,12H,1-8H2. The van der Waals surface area contributed by atoms with E-state index in [9.17, 15) is 8.42 Å². The minimum atomic E-state index is -3.03. The minimum absolute atomic E-state index is 0.107. The molecule has 0 spiro atoms. The van der Waals surface area contributed by atoms with E-state index in [2.05, 4.69) is 0 Å². The maximum absolute atomic E-state index is 11.9. The Morgan fingerprint density at radius 3 is 2.27 bits per heavy atom. The molecule has 0 amide bonds. The summed E-state index contributed by atoms with van der Waals surface area (Å²) < 4.78 is 25.3. The van der Waals surface area contributed by atoms with E-state index in [1.165, 1.54) is 17.1 Å². The zero-order valence-electron chi connectivity index (χ0n) is 8.93. The number of rotatable bonds is 4. The molecule has 1 aliphatic carbocycles. The molecule has 1 saturated heterocycles. The molecular weight excluding hydrogens is 214 g/mol. The lowest BCUT2D eigenvalue weighted by Crippen LogP contribution is -2.52. The molecule has 15 heavy (non-hydrogen) atoms. The van der Waals surface area contributed by atoms with Crippen molar-refractivity contribution < 1.29 is 13.5 Å². The molecule has 2 rings (SSSR count). The predicted molar refractivity (Wildman–Crippen MR) is 57.9 cm³/mol. The van der Waals surface area contributed by atoms with Crippen LogP contribution in [0.5, 0.6) is 0 Å². The largest absolute Gasteiger partial charge is 0.396 e. The molecule has 0 aromatic heterocycles. The Balaban J connectivity index is 1.85. The van der Waals surface area contributed by atoms with Crippen molar-refractivity contribution in [2.24, 2.45) is 11.8 Å². The SMILES string of the molecule is O=S(=O)(CC1CCCC1)N1CC(CO)C1. The van der Waals surface area contributed by atoms with Gasteiger partial charge in [0.15, 0.2) is 0 Å². The summed E-state index contributed by atoms with van der Waals surface area (Å²) in [6.07, 6.45) is 4.49. The number of aliphatic hydroxyl groups is 1. The van der Waals surface area contributed by atoms with Gasteiger partial charge in [0.2, 0.25) is 10.0 Å². The van der Waals surface area contributed by atoms with Gasteiger partial charge in [-0.05, 0) is 18.8 Å². The van der Waals surface area contributed by atoms with Crippen LogP contribution in [0.2, 0.25) is 0 Å². The van der Waals surface area contributed by atoms with Crippen molar-refractivity contribution in [3.63, 3.8) is 0 Å². The first-order valence-corrected chi connectivity index (χ1v) is 7.31. The smallest absolute Gasteiger partial charge is 0.214 e. The molecule has 0 bridgehead atoms. The van der Waals surface area contributed by atoms with Crippen LogP contribution >= 0.6 is 0 Å². The Bertz CT molecular complexity index is 303. The van der Waals surface area contributed by atoms with Gasteiger partial charge in [-0.2, -0.15) is 0 Å². The Morgan fingerprint density at radius 2 is 1.73 bits per heavy atom. The van der Waals surface area contributed by atoms with E-state index < -0.39 is 10.0 Å². The molecule has 4 nitrogen and oxygen atoms in total. The molecule has 88 valence electrons. The fourth-order valence-electron chi connectivity index (χ4n) is 2.45. The van der Waals surface area contributed by atoms with Gasteiger partial charge in [0, 0.05) is 25.6 Å². The summed E-state index contributed by atoms with van der Waals surface area (Å²) in [5, 5.41) is 8.83.